The number of benzene rings is 1. The van der Waals surface area contributed by atoms with Crippen LogP contribution in [0, 0.1) is 0 Å². The van der Waals surface area contributed by atoms with Gasteiger partial charge in [-0.1, -0.05) is 23.3 Å². The van der Waals surface area contributed by atoms with Crippen molar-refractivity contribution in [3.63, 3.8) is 0 Å². The second kappa shape index (κ2) is 8.83. The molecule has 0 bridgehead atoms. The van der Waals surface area contributed by atoms with Crippen LogP contribution in [0.15, 0.2) is 41.5 Å². The third-order valence-corrected chi connectivity index (χ3v) is 3.39. The topological polar surface area (TPSA) is 77.8 Å². The number of carbonyl (C=O) groups is 1. The minimum atomic E-state index is -1.08. The van der Waals surface area contributed by atoms with Gasteiger partial charge >= 0.3 is 5.97 Å². The average molecular weight is 316 g/mol. The van der Waals surface area contributed by atoms with E-state index in [0.29, 0.717) is 17.5 Å². The number of allylic oxidation sites excluding steroid dienone is 4. The zero-order valence-corrected chi connectivity index (χ0v) is 13.8. The van der Waals surface area contributed by atoms with Gasteiger partial charge in [0.2, 0.25) is 0 Å². The number of rotatable bonds is 7. The average Bonchev–Trinajstić information content (AvgIpc) is 2.43. The maximum atomic E-state index is 10.5. The van der Waals surface area contributed by atoms with Crippen LogP contribution in [0.3, 0.4) is 0 Å². The first-order valence-corrected chi connectivity index (χ1v) is 7.54. The fourth-order valence-corrected chi connectivity index (χ4v) is 2.10. The Bertz CT molecular complexity index is 624. The van der Waals surface area contributed by atoms with E-state index in [-0.39, 0.29) is 11.5 Å². The molecule has 4 nitrogen and oxygen atoms in total. The highest BCUT2D eigenvalue weighted by molar-refractivity contribution is 5.85. The number of phenols is 2. The molecule has 23 heavy (non-hydrogen) atoms. The Morgan fingerprint density at radius 1 is 1.09 bits per heavy atom. The van der Waals surface area contributed by atoms with Crippen molar-refractivity contribution in [2.24, 2.45) is 0 Å². The van der Waals surface area contributed by atoms with Gasteiger partial charge in [-0.3, -0.25) is 0 Å². The smallest absolute Gasteiger partial charge is 0.328 e. The summed E-state index contributed by atoms with van der Waals surface area (Å²) in [6, 6.07) is 2.89. The second-order valence-electron chi connectivity index (χ2n) is 5.78. The van der Waals surface area contributed by atoms with Gasteiger partial charge in [0.05, 0.1) is 0 Å². The largest absolute Gasteiger partial charge is 0.507 e. The van der Waals surface area contributed by atoms with E-state index in [2.05, 4.69) is 19.9 Å². The van der Waals surface area contributed by atoms with Gasteiger partial charge in [-0.2, -0.15) is 0 Å². The van der Waals surface area contributed by atoms with E-state index < -0.39 is 5.97 Å². The van der Waals surface area contributed by atoms with Crippen molar-refractivity contribution in [3.8, 4) is 11.5 Å². The van der Waals surface area contributed by atoms with Gasteiger partial charge in [0, 0.05) is 11.6 Å². The van der Waals surface area contributed by atoms with E-state index >= 15 is 0 Å². The van der Waals surface area contributed by atoms with Crippen LogP contribution in [0.25, 0.3) is 6.08 Å². The number of carboxylic acid groups (broad SMARTS) is 1. The number of phenolic OH excluding ortho intramolecular Hbond substituents is 2. The number of carboxylic acids is 1. The maximum Gasteiger partial charge on any atom is 0.328 e. The molecule has 0 aliphatic carbocycles. The normalized spacial score (nSPS) is 11.7. The zero-order valence-electron chi connectivity index (χ0n) is 13.8. The Morgan fingerprint density at radius 2 is 1.70 bits per heavy atom. The van der Waals surface area contributed by atoms with Gasteiger partial charge in [0.25, 0.3) is 0 Å². The van der Waals surface area contributed by atoms with Crippen molar-refractivity contribution in [1.82, 2.24) is 0 Å². The van der Waals surface area contributed by atoms with Gasteiger partial charge in [0.1, 0.15) is 11.5 Å². The second-order valence-corrected chi connectivity index (χ2v) is 5.78. The van der Waals surface area contributed by atoms with Gasteiger partial charge in [-0.15, -0.1) is 0 Å². The standard InChI is InChI=1S/C19H24O4/c1-13(2)5-4-6-14(3)7-9-16-17(20)11-15(12-18(16)21)8-10-19(22)23/h5,7-8,10-12,20-21H,4,6,9H2,1-3H3,(H,22,23)/b10-8+,14-7+. The molecule has 0 saturated heterocycles. The molecule has 4 heteroatoms. The molecule has 0 spiro atoms. The van der Waals surface area contributed by atoms with Crippen LogP contribution in [0.1, 0.15) is 44.7 Å². The Kier molecular flexibility index (Phi) is 7.13. The number of aliphatic carboxylic acids is 1. The Labute approximate surface area is 137 Å². The Morgan fingerprint density at radius 3 is 2.22 bits per heavy atom. The molecule has 0 aliphatic rings. The van der Waals surface area contributed by atoms with Crippen molar-refractivity contribution < 1.29 is 20.1 Å². The van der Waals surface area contributed by atoms with Crippen LogP contribution in [0.4, 0.5) is 0 Å². The molecule has 1 aromatic rings. The molecule has 0 saturated carbocycles. The van der Waals surface area contributed by atoms with Crippen molar-refractivity contribution in [2.75, 3.05) is 0 Å². The molecular weight excluding hydrogens is 292 g/mol. The van der Waals surface area contributed by atoms with E-state index in [1.54, 1.807) is 0 Å². The predicted octanol–water partition coefficient (Wildman–Crippen LogP) is 4.43. The highest BCUT2D eigenvalue weighted by Crippen LogP contribution is 2.30. The molecule has 0 heterocycles. The molecular formula is C19H24O4. The van der Waals surface area contributed by atoms with Crippen molar-refractivity contribution >= 4 is 12.0 Å². The fourth-order valence-electron chi connectivity index (χ4n) is 2.10. The molecule has 0 aromatic heterocycles. The van der Waals surface area contributed by atoms with Gasteiger partial charge in [0.15, 0.2) is 0 Å². The molecule has 1 rings (SSSR count). The van der Waals surface area contributed by atoms with Gasteiger partial charge < -0.3 is 15.3 Å². The van der Waals surface area contributed by atoms with Crippen LogP contribution in [-0.4, -0.2) is 21.3 Å². The van der Waals surface area contributed by atoms with Crippen LogP contribution in [0.5, 0.6) is 11.5 Å². The molecule has 3 N–H and O–H groups in total. The summed E-state index contributed by atoms with van der Waals surface area (Å²) < 4.78 is 0. The molecule has 0 radical (unpaired) electrons. The fraction of sp³-hybridized carbons (Fsp3) is 0.316. The third-order valence-electron chi connectivity index (χ3n) is 3.39. The highest BCUT2D eigenvalue weighted by Gasteiger charge is 2.08. The van der Waals surface area contributed by atoms with E-state index in [0.717, 1.165) is 18.9 Å². The third kappa shape index (κ3) is 6.87. The molecule has 0 amide bonds. The summed E-state index contributed by atoms with van der Waals surface area (Å²) in [5.74, 6) is -1.16. The van der Waals surface area contributed by atoms with Gasteiger partial charge in [-0.25, -0.2) is 4.79 Å². The minimum absolute atomic E-state index is 0.0385. The quantitative estimate of drug-likeness (QED) is 0.513. The lowest BCUT2D eigenvalue weighted by Gasteiger charge is -2.07. The summed E-state index contributed by atoms with van der Waals surface area (Å²) in [5, 5.41) is 28.6. The predicted molar refractivity (Wildman–Crippen MR) is 92.6 cm³/mol. The van der Waals surface area contributed by atoms with Crippen LogP contribution in [0.2, 0.25) is 0 Å². The molecule has 1 aromatic carbocycles. The van der Waals surface area contributed by atoms with Gasteiger partial charge in [-0.05, 0) is 63.8 Å². The number of aromatic hydroxyl groups is 2. The first-order chi connectivity index (χ1) is 10.8. The summed E-state index contributed by atoms with van der Waals surface area (Å²) in [4.78, 5) is 10.5. The van der Waals surface area contributed by atoms with E-state index in [1.165, 1.54) is 29.4 Å². The molecule has 0 fully saturated rings. The molecule has 0 aliphatic heterocycles. The maximum absolute atomic E-state index is 10.5. The summed E-state index contributed by atoms with van der Waals surface area (Å²) in [6.45, 7) is 6.15. The van der Waals surface area contributed by atoms with Crippen molar-refractivity contribution in [3.05, 3.63) is 52.6 Å². The first kappa shape index (κ1) is 18.6. The van der Waals surface area contributed by atoms with Crippen LogP contribution < -0.4 is 0 Å². The lowest BCUT2D eigenvalue weighted by molar-refractivity contribution is -0.131. The Hall–Kier alpha value is -2.49. The summed E-state index contributed by atoms with van der Waals surface area (Å²) in [6.07, 6.45) is 8.79. The molecule has 124 valence electrons. The SMILES string of the molecule is CC(C)=CCC/C(C)=C/Cc1c(O)cc(/C=C/C(=O)O)cc1O. The summed E-state index contributed by atoms with van der Waals surface area (Å²) in [5.41, 5.74) is 3.36. The van der Waals surface area contributed by atoms with Crippen LogP contribution in [-0.2, 0) is 11.2 Å². The lowest BCUT2D eigenvalue weighted by atomic mass is 10.0. The Balaban J connectivity index is 2.81. The number of hydrogen-bond acceptors (Lipinski definition) is 3. The highest BCUT2D eigenvalue weighted by atomic mass is 16.4. The van der Waals surface area contributed by atoms with Crippen molar-refractivity contribution in [1.29, 1.82) is 0 Å². The zero-order chi connectivity index (χ0) is 17.4. The summed E-state index contributed by atoms with van der Waals surface area (Å²) in [7, 11) is 0. The summed E-state index contributed by atoms with van der Waals surface area (Å²) >= 11 is 0. The first-order valence-electron chi connectivity index (χ1n) is 7.54. The van der Waals surface area contributed by atoms with E-state index in [9.17, 15) is 15.0 Å². The van der Waals surface area contributed by atoms with Crippen molar-refractivity contribution in [2.45, 2.75) is 40.0 Å². The monoisotopic (exact) mass is 316 g/mol. The number of hydrogen-bond donors (Lipinski definition) is 3. The lowest BCUT2D eigenvalue weighted by Crippen LogP contribution is -1.89. The minimum Gasteiger partial charge on any atom is -0.507 e. The van der Waals surface area contributed by atoms with Crippen LogP contribution >= 0.6 is 0 Å². The van der Waals surface area contributed by atoms with E-state index in [1.807, 2.05) is 13.0 Å². The molecule has 0 atom stereocenters. The molecule has 0 unspecified atom stereocenters. The van der Waals surface area contributed by atoms with E-state index in [4.69, 9.17) is 5.11 Å².